The van der Waals surface area contributed by atoms with Crippen LogP contribution in [0.5, 0.6) is 0 Å². The number of thioether (sulfide) groups is 1. The van der Waals surface area contributed by atoms with Crippen LogP contribution in [0.2, 0.25) is 0 Å². The van der Waals surface area contributed by atoms with Gasteiger partial charge in [-0.1, -0.05) is 54.2 Å². The van der Waals surface area contributed by atoms with Gasteiger partial charge in [-0.25, -0.2) is 4.68 Å². The first-order valence-electron chi connectivity index (χ1n) is 8.45. The zero-order valence-electron chi connectivity index (χ0n) is 14.4. The average molecular weight is 372 g/mol. The summed E-state index contributed by atoms with van der Waals surface area (Å²) in [7, 11) is 0. The van der Waals surface area contributed by atoms with E-state index in [1.165, 1.54) is 11.8 Å². The summed E-state index contributed by atoms with van der Waals surface area (Å²) in [4.78, 5) is 12.2. The highest BCUT2D eigenvalue weighted by Gasteiger charge is 2.08. The van der Waals surface area contributed by atoms with Crippen LogP contribution >= 0.6 is 11.8 Å². The monoisotopic (exact) mass is 372 g/mol. The fourth-order valence-electron chi connectivity index (χ4n) is 2.60. The molecule has 5 nitrogen and oxygen atoms in total. The predicted octanol–water partition coefficient (Wildman–Crippen LogP) is 4.30. The van der Waals surface area contributed by atoms with Gasteiger partial charge < -0.3 is 0 Å². The van der Waals surface area contributed by atoms with Crippen LogP contribution in [-0.2, 0) is 0 Å². The van der Waals surface area contributed by atoms with Crippen LogP contribution in [0.1, 0.15) is 10.4 Å². The Kier molecular flexibility index (Phi) is 5.07. The van der Waals surface area contributed by atoms with Crippen molar-refractivity contribution in [3.05, 3.63) is 90.8 Å². The summed E-state index contributed by atoms with van der Waals surface area (Å²) in [6.45, 7) is 0. The molecule has 0 fully saturated rings. The van der Waals surface area contributed by atoms with Gasteiger partial charge in [-0.15, -0.1) is 10.2 Å². The molecule has 0 saturated heterocycles. The van der Waals surface area contributed by atoms with Crippen LogP contribution in [0.15, 0.2) is 90.2 Å². The lowest BCUT2D eigenvalue weighted by Crippen LogP contribution is -2.02. The lowest BCUT2D eigenvalue weighted by molar-refractivity contribution is 0.102. The Balaban J connectivity index is 1.41. The molecule has 0 bridgehead atoms. The Labute approximate surface area is 161 Å². The number of hydrogen-bond acceptors (Lipinski definition) is 5. The lowest BCUT2D eigenvalue weighted by Gasteiger charge is -2.05. The summed E-state index contributed by atoms with van der Waals surface area (Å²) in [6.07, 6.45) is 3.65. The number of benzene rings is 2. The molecule has 0 saturated carbocycles. The maximum atomic E-state index is 12.2. The number of rotatable bonds is 6. The second-order valence-corrected chi connectivity index (χ2v) is 6.83. The summed E-state index contributed by atoms with van der Waals surface area (Å²) in [5.74, 6) is 0.428. The summed E-state index contributed by atoms with van der Waals surface area (Å²) in [5.41, 5.74) is 3.48. The molecule has 0 aliphatic carbocycles. The van der Waals surface area contributed by atoms with Gasteiger partial charge in [0.05, 0.1) is 17.1 Å². The standard InChI is InChI=1S/C21H16N4OS/c26-20(17-5-2-1-3-6-17)15-27-21-12-11-19(23-24-21)16-7-9-18(10-8-16)25-14-4-13-22-25/h1-14H,15H2. The molecule has 132 valence electrons. The minimum Gasteiger partial charge on any atom is -0.293 e. The topological polar surface area (TPSA) is 60.7 Å². The quantitative estimate of drug-likeness (QED) is 0.373. The Morgan fingerprint density at radius 2 is 1.70 bits per heavy atom. The molecule has 0 N–H and O–H groups in total. The highest BCUT2D eigenvalue weighted by atomic mass is 32.2. The zero-order valence-corrected chi connectivity index (χ0v) is 15.2. The normalized spacial score (nSPS) is 10.7. The molecule has 0 unspecified atom stereocenters. The Morgan fingerprint density at radius 1 is 0.889 bits per heavy atom. The van der Waals surface area contributed by atoms with Gasteiger partial charge in [-0.3, -0.25) is 4.79 Å². The maximum Gasteiger partial charge on any atom is 0.173 e. The second-order valence-electron chi connectivity index (χ2n) is 5.83. The number of ketones is 1. The van der Waals surface area contributed by atoms with Gasteiger partial charge in [0.1, 0.15) is 5.03 Å². The number of aromatic nitrogens is 4. The van der Waals surface area contributed by atoms with Crippen molar-refractivity contribution in [1.82, 2.24) is 20.0 Å². The van der Waals surface area contributed by atoms with E-state index in [0.717, 1.165) is 22.0 Å². The van der Waals surface area contributed by atoms with Crippen LogP contribution in [0.4, 0.5) is 0 Å². The van der Waals surface area contributed by atoms with E-state index in [4.69, 9.17) is 0 Å². The number of carbonyl (C=O) groups excluding carboxylic acids is 1. The van der Waals surface area contributed by atoms with Crippen LogP contribution in [0.3, 0.4) is 0 Å². The average Bonchev–Trinajstić information content (AvgIpc) is 3.28. The van der Waals surface area contributed by atoms with E-state index in [1.807, 2.05) is 79.0 Å². The molecular formula is C21H16N4OS. The second kappa shape index (κ2) is 7.97. The highest BCUT2D eigenvalue weighted by Crippen LogP contribution is 2.21. The minimum absolute atomic E-state index is 0.0840. The lowest BCUT2D eigenvalue weighted by atomic mass is 10.1. The van der Waals surface area contributed by atoms with Crippen molar-refractivity contribution in [2.75, 3.05) is 5.75 Å². The van der Waals surface area contributed by atoms with E-state index in [9.17, 15) is 4.79 Å². The first-order valence-corrected chi connectivity index (χ1v) is 9.43. The molecule has 0 amide bonds. The molecule has 4 aromatic rings. The molecule has 6 heteroatoms. The molecule has 0 atom stereocenters. The summed E-state index contributed by atoms with van der Waals surface area (Å²) in [6, 6.07) is 22.9. The van der Waals surface area contributed by atoms with Crippen LogP contribution in [0, 0.1) is 0 Å². The third-order valence-corrected chi connectivity index (χ3v) is 4.94. The SMILES string of the molecule is O=C(CSc1ccc(-c2ccc(-n3cccn3)cc2)nn1)c1ccccc1. The van der Waals surface area contributed by atoms with Crippen molar-refractivity contribution in [3.8, 4) is 16.9 Å². The Bertz CT molecular complexity index is 1010. The fraction of sp³-hybridized carbons (Fsp3) is 0.0476. The molecule has 0 spiro atoms. The molecular weight excluding hydrogens is 356 g/mol. The first kappa shape index (κ1) is 17.2. The summed E-state index contributed by atoms with van der Waals surface area (Å²) < 4.78 is 1.80. The molecule has 2 aromatic carbocycles. The number of nitrogens with zero attached hydrogens (tertiary/aromatic N) is 4. The van der Waals surface area contributed by atoms with Crippen molar-refractivity contribution in [2.45, 2.75) is 5.03 Å². The molecule has 0 radical (unpaired) electrons. The van der Waals surface area contributed by atoms with Crippen molar-refractivity contribution < 1.29 is 4.79 Å². The maximum absolute atomic E-state index is 12.2. The molecule has 0 aliphatic rings. The molecule has 0 aliphatic heterocycles. The molecule has 4 rings (SSSR count). The summed E-state index contributed by atoms with van der Waals surface area (Å²) >= 11 is 1.39. The van der Waals surface area contributed by atoms with E-state index in [2.05, 4.69) is 15.3 Å². The largest absolute Gasteiger partial charge is 0.293 e. The zero-order chi connectivity index (χ0) is 18.5. The number of hydrogen-bond donors (Lipinski definition) is 0. The van der Waals surface area contributed by atoms with Gasteiger partial charge in [-0.05, 0) is 30.3 Å². The Hall–Kier alpha value is -3.25. The van der Waals surface area contributed by atoms with Gasteiger partial charge in [-0.2, -0.15) is 5.10 Å². The minimum atomic E-state index is 0.0840. The highest BCUT2D eigenvalue weighted by molar-refractivity contribution is 7.99. The van der Waals surface area contributed by atoms with E-state index in [1.54, 1.807) is 10.9 Å². The van der Waals surface area contributed by atoms with E-state index in [-0.39, 0.29) is 5.78 Å². The third kappa shape index (κ3) is 4.12. The van der Waals surface area contributed by atoms with Crippen LogP contribution in [-0.4, -0.2) is 31.5 Å². The van der Waals surface area contributed by atoms with Gasteiger partial charge in [0.2, 0.25) is 0 Å². The molecule has 27 heavy (non-hydrogen) atoms. The van der Waals surface area contributed by atoms with E-state index < -0.39 is 0 Å². The van der Waals surface area contributed by atoms with E-state index in [0.29, 0.717) is 11.3 Å². The predicted molar refractivity (Wildman–Crippen MR) is 106 cm³/mol. The van der Waals surface area contributed by atoms with Crippen molar-refractivity contribution in [1.29, 1.82) is 0 Å². The van der Waals surface area contributed by atoms with Crippen molar-refractivity contribution in [2.24, 2.45) is 0 Å². The van der Waals surface area contributed by atoms with Crippen LogP contribution in [0.25, 0.3) is 16.9 Å². The van der Waals surface area contributed by atoms with Crippen molar-refractivity contribution >= 4 is 17.5 Å². The van der Waals surface area contributed by atoms with Gasteiger partial charge in [0.15, 0.2) is 5.78 Å². The van der Waals surface area contributed by atoms with E-state index >= 15 is 0 Å². The first-order chi connectivity index (χ1) is 13.3. The molecule has 2 aromatic heterocycles. The van der Waals surface area contributed by atoms with Gasteiger partial charge >= 0.3 is 0 Å². The van der Waals surface area contributed by atoms with Crippen LogP contribution < -0.4 is 0 Å². The fourth-order valence-corrected chi connectivity index (χ4v) is 3.31. The number of carbonyl (C=O) groups is 1. The Morgan fingerprint density at radius 3 is 2.37 bits per heavy atom. The van der Waals surface area contributed by atoms with Crippen molar-refractivity contribution in [3.63, 3.8) is 0 Å². The number of Topliss-reactive ketones (excluding diaryl/α,β-unsaturated/α-hetero) is 1. The third-order valence-electron chi connectivity index (χ3n) is 4.02. The molecule has 2 heterocycles. The van der Waals surface area contributed by atoms with Gasteiger partial charge in [0.25, 0.3) is 0 Å². The smallest absolute Gasteiger partial charge is 0.173 e. The van der Waals surface area contributed by atoms with Gasteiger partial charge in [0, 0.05) is 23.5 Å². The summed E-state index contributed by atoms with van der Waals surface area (Å²) in [5, 5.41) is 13.5.